The number of hydrogen-bond donors (Lipinski definition) is 1. The Hall–Kier alpha value is -3.69. The fraction of sp³-hybridized carbons (Fsp3) is 0.259. The second-order valence-corrected chi connectivity index (χ2v) is 10.8. The average Bonchev–Trinajstić information content (AvgIpc) is 3.56. The smallest absolute Gasteiger partial charge is 0.272 e. The Morgan fingerprint density at radius 2 is 1.78 bits per heavy atom. The van der Waals surface area contributed by atoms with Gasteiger partial charge in [-0.05, 0) is 48.7 Å². The maximum atomic E-state index is 13.1. The van der Waals surface area contributed by atoms with Crippen LogP contribution in [0.15, 0.2) is 83.8 Å². The average molecular weight is 505 g/mol. The Balaban J connectivity index is 1.35. The van der Waals surface area contributed by atoms with Crippen LogP contribution >= 0.6 is 0 Å². The van der Waals surface area contributed by atoms with Crippen molar-refractivity contribution in [1.29, 1.82) is 0 Å². The predicted molar refractivity (Wildman–Crippen MR) is 139 cm³/mol. The predicted octanol–water partition coefficient (Wildman–Crippen LogP) is 3.82. The highest BCUT2D eigenvalue weighted by molar-refractivity contribution is 7.92. The van der Waals surface area contributed by atoms with Gasteiger partial charge >= 0.3 is 0 Å². The van der Waals surface area contributed by atoms with E-state index in [0.29, 0.717) is 24.5 Å². The van der Waals surface area contributed by atoms with Gasteiger partial charge in [-0.1, -0.05) is 48.5 Å². The molecule has 0 saturated carbocycles. The number of hydrogen-bond acceptors (Lipinski definition) is 5. The third-order valence-electron chi connectivity index (χ3n) is 6.42. The Labute approximate surface area is 210 Å². The number of rotatable bonds is 8. The summed E-state index contributed by atoms with van der Waals surface area (Å²) in [6.45, 7) is 1.60. The summed E-state index contributed by atoms with van der Waals surface area (Å²) in [5.74, 6) is -0.231. The molecule has 1 saturated heterocycles. The SMILES string of the molecule is CN(c1ccccc1)S(=O)(=O)c1ccc(Cn2nc(C(=O)NCC3CCCO3)c3ccccc32)cc1. The maximum absolute atomic E-state index is 13.1. The molecule has 0 spiro atoms. The molecule has 0 radical (unpaired) electrons. The molecular weight excluding hydrogens is 476 g/mol. The van der Waals surface area contributed by atoms with Gasteiger partial charge in [-0.3, -0.25) is 13.8 Å². The highest BCUT2D eigenvalue weighted by atomic mass is 32.2. The molecule has 5 rings (SSSR count). The second-order valence-electron chi connectivity index (χ2n) is 8.82. The number of nitrogens with one attached hydrogen (secondary N) is 1. The number of benzene rings is 3. The Morgan fingerprint density at radius 3 is 2.50 bits per heavy atom. The summed E-state index contributed by atoms with van der Waals surface area (Å²) in [5, 5.41) is 8.32. The number of nitrogens with zero attached hydrogens (tertiary/aromatic N) is 3. The van der Waals surface area contributed by atoms with Gasteiger partial charge in [0, 0.05) is 25.6 Å². The van der Waals surface area contributed by atoms with E-state index in [1.807, 2.05) is 30.3 Å². The zero-order valence-electron chi connectivity index (χ0n) is 20.0. The van der Waals surface area contributed by atoms with Crippen molar-refractivity contribution < 1.29 is 17.9 Å². The molecule has 186 valence electrons. The van der Waals surface area contributed by atoms with Gasteiger partial charge in [-0.25, -0.2) is 8.42 Å². The van der Waals surface area contributed by atoms with Crippen LogP contribution in [0.25, 0.3) is 10.9 Å². The van der Waals surface area contributed by atoms with E-state index in [-0.39, 0.29) is 16.9 Å². The number of sulfonamides is 1. The van der Waals surface area contributed by atoms with Crippen LogP contribution in [0.4, 0.5) is 5.69 Å². The number of carbonyl (C=O) groups is 1. The van der Waals surface area contributed by atoms with Gasteiger partial charge < -0.3 is 10.1 Å². The van der Waals surface area contributed by atoms with E-state index in [9.17, 15) is 13.2 Å². The lowest BCUT2D eigenvalue weighted by atomic mass is 10.2. The van der Waals surface area contributed by atoms with Crippen molar-refractivity contribution in [1.82, 2.24) is 15.1 Å². The van der Waals surface area contributed by atoms with Crippen molar-refractivity contribution in [3.05, 3.63) is 90.1 Å². The fourth-order valence-corrected chi connectivity index (χ4v) is 5.58. The van der Waals surface area contributed by atoms with E-state index in [2.05, 4.69) is 10.4 Å². The lowest BCUT2D eigenvalue weighted by molar-refractivity contribution is 0.0854. The standard InChI is InChI=1S/C27H28N4O4S/c1-30(21-8-3-2-4-9-21)36(33,34)23-15-13-20(14-16-23)19-31-25-12-6-5-11-24(25)26(29-31)27(32)28-18-22-10-7-17-35-22/h2-6,8-9,11-16,22H,7,10,17-19H2,1H3,(H,28,32). The van der Waals surface area contributed by atoms with Crippen LogP contribution < -0.4 is 9.62 Å². The van der Waals surface area contributed by atoms with Crippen molar-refractivity contribution in [3.63, 3.8) is 0 Å². The van der Waals surface area contributed by atoms with E-state index in [0.717, 1.165) is 35.9 Å². The molecule has 1 aliphatic rings. The molecule has 1 aromatic heterocycles. The van der Waals surface area contributed by atoms with Crippen molar-refractivity contribution in [2.24, 2.45) is 0 Å². The lowest BCUT2D eigenvalue weighted by Crippen LogP contribution is -2.32. The summed E-state index contributed by atoms with van der Waals surface area (Å²) in [5.41, 5.74) is 2.67. The first-order chi connectivity index (χ1) is 17.4. The molecule has 3 aromatic carbocycles. The van der Waals surface area contributed by atoms with Crippen LogP contribution in [-0.4, -0.2) is 50.4 Å². The van der Waals surface area contributed by atoms with Gasteiger partial charge in [-0.2, -0.15) is 5.10 Å². The number of aromatic nitrogens is 2. The topological polar surface area (TPSA) is 93.5 Å². The number of amides is 1. The first-order valence-corrected chi connectivity index (χ1v) is 13.4. The minimum absolute atomic E-state index is 0.0537. The third-order valence-corrected chi connectivity index (χ3v) is 8.22. The fourth-order valence-electron chi connectivity index (χ4n) is 4.39. The van der Waals surface area contributed by atoms with Gasteiger partial charge in [-0.15, -0.1) is 0 Å². The molecule has 36 heavy (non-hydrogen) atoms. The molecule has 1 fully saturated rings. The largest absolute Gasteiger partial charge is 0.376 e. The van der Waals surface area contributed by atoms with Crippen molar-refractivity contribution in [3.8, 4) is 0 Å². The van der Waals surface area contributed by atoms with E-state index in [1.54, 1.807) is 60.3 Å². The number of carbonyl (C=O) groups excluding carboxylic acids is 1. The van der Waals surface area contributed by atoms with Crippen LogP contribution in [0.2, 0.25) is 0 Å². The van der Waals surface area contributed by atoms with Gasteiger partial charge in [0.25, 0.3) is 15.9 Å². The molecule has 1 N–H and O–H groups in total. The molecule has 4 aromatic rings. The Morgan fingerprint density at radius 1 is 1.06 bits per heavy atom. The molecular formula is C27H28N4O4S. The van der Waals surface area contributed by atoms with E-state index in [4.69, 9.17) is 4.74 Å². The van der Waals surface area contributed by atoms with E-state index >= 15 is 0 Å². The lowest BCUT2D eigenvalue weighted by Gasteiger charge is -2.19. The monoisotopic (exact) mass is 504 g/mol. The Kier molecular flexibility index (Phi) is 6.75. The zero-order valence-corrected chi connectivity index (χ0v) is 20.8. The van der Waals surface area contributed by atoms with Gasteiger partial charge in [0.2, 0.25) is 0 Å². The quantitative estimate of drug-likeness (QED) is 0.394. The normalized spacial score (nSPS) is 15.8. The van der Waals surface area contributed by atoms with Gasteiger partial charge in [0.15, 0.2) is 5.69 Å². The van der Waals surface area contributed by atoms with Crippen LogP contribution in [-0.2, 0) is 21.3 Å². The molecule has 2 heterocycles. The van der Waals surface area contributed by atoms with Gasteiger partial charge in [0.1, 0.15) is 0 Å². The van der Waals surface area contributed by atoms with Crippen molar-refractivity contribution >= 4 is 32.5 Å². The number of ether oxygens (including phenoxy) is 1. The first-order valence-electron chi connectivity index (χ1n) is 11.9. The molecule has 0 bridgehead atoms. The summed E-state index contributed by atoms with van der Waals surface area (Å²) >= 11 is 0. The van der Waals surface area contributed by atoms with Crippen LogP contribution in [0.5, 0.6) is 0 Å². The summed E-state index contributed by atoms with van der Waals surface area (Å²) in [6.07, 6.45) is 2.02. The molecule has 8 nitrogen and oxygen atoms in total. The zero-order chi connectivity index (χ0) is 25.1. The highest BCUT2D eigenvalue weighted by Gasteiger charge is 2.22. The van der Waals surface area contributed by atoms with Crippen LogP contribution in [0.1, 0.15) is 28.9 Å². The Bertz CT molecular complexity index is 1460. The van der Waals surface area contributed by atoms with Crippen molar-refractivity contribution in [2.75, 3.05) is 24.5 Å². The molecule has 9 heteroatoms. The number of para-hydroxylation sites is 2. The van der Waals surface area contributed by atoms with Crippen LogP contribution in [0.3, 0.4) is 0 Å². The molecule has 1 aliphatic heterocycles. The number of fused-ring (bicyclic) bond motifs is 1. The summed E-state index contributed by atoms with van der Waals surface area (Å²) < 4.78 is 34.8. The minimum atomic E-state index is -3.69. The maximum Gasteiger partial charge on any atom is 0.272 e. The summed E-state index contributed by atoms with van der Waals surface area (Å²) in [4.78, 5) is 13.1. The minimum Gasteiger partial charge on any atom is -0.376 e. The van der Waals surface area contributed by atoms with E-state index < -0.39 is 10.0 Å². The second kappa shape index (κ2) is 10.1. The van der Waals surface area contributed by atoms with Crippen LogP contribution in [0, 0.1) is 0 Å². The molecule has 1 atom stereocenters. The molecule has 0 aliphatic carbocycles. The molecule has 1 amide bonds. The third kappa shape index (κ3) is 4.84. The van der Waals surface area contributed by atoms with Gasteiger partial charge in [0.05, 0.1) is 28.7 Å². The molecule has 1 unspecified atom stereocenters. The highest BCUT2D eigenvalue weighted by Crippen LogP contribution is 2.23. The summed E-state index contributed by atoms with van der Waals surface area (Å²) in [6, 6.07) is 23.3. The van der Waals surface area contributed by atoms with Crippen molar-refractivity contribution in [2.45, 2.75) is 30.4 Å². The van der Waals surface area contributed by atoms with E-state index in [1.165, 1.54) is 4.31 Å². The summed E-state index contributed by atoms with van der Waals surface area (Å²) in [7, 11) is -2.15. The first kappa shape index (κ1) is 24.0. The number of anilines is 1.